The number of hydrazone groups is 1. The molecule has 0 aliphatic carbocycles. The van der Waals surface area contributed by atoms with Gasteiger partial charge in [0, 0.05) is 16.1 Å². The van der Waals surface area contributed by atoms with Crippen LogP contribution < -0.4 is 11.7 Å². The van der Waals surface area contributed by atoms with Gasteiger partial charge in [-0.3, -0.25) is 9.99 Å². The minimum Gasteiger partial charge on any atom is -0.377 e. The molecular formula is C18H15BrF4N6O. The number of benzene rings is 2. The summed E-state index contributed by atoms with van der Waals surface area (Å²) in [7, 11) is 0. The van der Waals surface area contributed by atoms with E-state index in [2.05, 4.69) is 31.0 Å². The zero-order valence-corrected chi connectivity index (χ0v) is 16.7. The van der Waals surface area contributed by atoms with E-state index in [9.17, 15) is 13.9 Å². The lowest BCUT2D eigenvalue weighted by molar-refractivity contribution is -0.203. The summed E-state index contributed by atoms with van der Waals surface area (Å²) in [5, 5.41) is 14.7. The van der Waals surface area contributed by atoms with Crippen molar-refractivity contribution in [3.05, 3.63) is 70.0 Å². The topological polar surface area (TPSA) is 114 Å². The summed E-state index contributed by atoms with van der Waals surface area (Å²) in [6.07, 6.45) is 1.52. The molecule has 1 aromatic heterocycles. The van der Waals surface area contributed by atoms with Crippen LogP contribution in [-0.4, -0.2) is 33.0 Å². The molecule has 3 rings (SSSR count). The van der Waals surface area contributed by atoms with Gasteiger partial charge in [-0.2, -0.15) is 13.9 Å². The lowest BCUT2D eigenvalue weighted by Crippen LogP contribution is -2.54. The highest BCUT2D eigenvalue weighted by Gasteiger charge is 2.58. The summed E-state index contributed by atoms with van der Waals surface area (Å²) in [5.41, 5.74) is -4.69. The Kier molecular flexibility index (Phi) is 5.92. The molecule has 0 amide bonds. The zero-order chi connectivity index (χ0) is 22.1. The van der Waals surface area contributed by atoms with Crippen LogP contribution in [-0.2, 0) is 11.5 Å². The fourth-order valence-corrected chi connectivity index (χ4v) is 3.27. The van der Waals surface area contributed by atoms with Crippen molar-refractivity contribution in [1.82, 2.24) is 15.0 Å². The normalized spacial score (nSPS) is 14.2. The molecule has 7 nitrogen and oxygen atoms in total. The number of nitrogens with two attached hydrogens (primary N) is 2. The molecule has 0 aliphatic heterocycles. The molecule has 12 heteroatoms. The van der Waals surface area contributed by atoms with E-state index in [0.717, 1.165) is 18.6 Å². The molecule has 1 atom stereocenters. The number of halogens is 5. The van der Waals surface area contributed by atoms with Gasteiger partial charge in [-0.15, -0.1) is 0 Å². The van der Waals surface area contributed by atoms with Crippen LogP contribution in [0, 0.1) is 11.6 Å². The van der Waals surface area contributed by atoms with Gasteiger partial charge in [0.25, 0.3) is 0 Å². The monoisotopic (exact) mass is 486 g/mol. The first kappa shape index (κ1) is 21.9. The molecule has 0 saturated carbocycles. The Morgan fingerprint density at radius 1 is 1.17 bits per heavy atom. The Bertz CT molecular complexity index is 1120. The lowest BCUT2D eigenvalue weighted by atomic mass is 9.84. The third kappa shape index (κ3) is 3.93. The van der Waals surface area contributed by atoms with Crippen molar-refractivity contribution in [2.75, 3.05) is 6.54 Å². The van der Waals surface area contributed by atoms with Gasteiger partial charge in [-0.1, -0.05) is 15.9 Å². The van der Waals surface area contributed by atoms with Crippen molar-refractivity contribution in [2.45, 2.75) is 11.5 Å². The van der Waals surface area contributed by atoms with E-state index < -0.39 is 41.0 Å². The number of aromatic nitrogens is 2. The Balaban J connectivity index is 2.19. The first-order valence-electron chi connectivity index (χ1n) is 8.31. The van der Waals surface area contributed by atoms with E-state index in [1.165, 1.54) is 6.07 Å². The SMILES string of the molecule is N/N=C\N(N)CC(O)(c1ccc(F)cc1F)C(F)(F)c1cnc2cc(Br)ccc2n1. The largest absolute Gasteiger partial charge is 0.377 e. The highest BCUT2D eigenvalue weighted by molar-refractivity contribution is 9.10. The van der Waals surface area contributed by atoms with Crippen molar-refractivity contribution in [2.24, 2.45) is 16.8 Å². The molecule has 0 bridgehead atoms. The molecular weight excluding hydrogens is 472 g/mol. The van der Waals surface area contributed by atoms with E-state index in [0.29, 0.717) is 27.1 Å². The Morgan fingerprint density at radius 3 is 2.57 bits per heavy atom. The highest BCUT2D eigenvalue weighted by atomic mass is 79.9. The second kappa shape index (κ2) is 8.13. The lowest BCUT2D eigenvalue weighted by Gasteiger charge is -2.37. The van der Waals surface area contributed by atoms with Gasteiger partial charge in [0.2, 0.25) is 0 Å². The van der Waals surface area contributed by atoms with Gasteiger partial charge in [-0.05, 0) is 30.3 Å². The summed E-state index contributed by atoms with van der Waals surface area (Å²) in [6, 6.07) is 6.40. The average Bonchev–Trinajstić information content (AvgIpc) is 2.67. The Labute approximate surface area is 176 Å². The molecule has 0 spiro atoms. The maximum atomic E-state index is 15.6. The number of nitrogens with zero attached hydrogens (tertiary/aromatic N) is 4. The number of hydrazine groups is 1. The van der Waals surface area contributed by atoms with Crippen molar-refractivity contribution in [3.8, 4) is 0 Å². The summed E-state index contributed by atoms with van der Waals surface area (Å²) >= 11 is 3.24. The molecule has 0 saturated heterocycles. The predicted molar refractivity (Wildman–Crippen MR) is 105 cm³/mol. The molecule has 2 aromatic carbocycles. The molecule has 30 heavy (non-hydrogen) atoms. The number of alkyl halides is 2. The molecule has 0 aliphatic rings. The fraction of sp³-hybridized carbons (Fsp3) is 0.167. The fourth-order valence-electron chi connectivity index (χ4n) is 2.92. The molecule has 1 heterocycles. The van der Waals surface area contributed by atoms with Crippen LogP contribution in [0.2, 0.25) is 0 Å². The van der Waals surface area contributed by atoms with Crippen molar-refractivity contribution in [3.63, 3.8) is 0 Å². The third-order valence-corrected chi connectivity index (χ3v) is 4.84. The van der Waals surface area contributed by atoms with Crippen LogP contribution in [0.1, 0.15) is 11.3 Å². The molecule has 1 unspecified atom stereocenters. The van der Waals surface area contributed by atoms with Crippen LogP contribution >= 0.6 is 15.9 Å². The average molecular weight is 487 g/mol. The van der Waals surface area contributed by atoms with E-state index in [-0.39, 0.29) is 5.52 Å². The van der Waals surface area contributed by atoms with Crippen LogP contribution in [0.4, 0.5) is 17.6 Å². The number of hydrogen-bond acceptors (Lipinski definition) is 6. The standard InChI is InChI=1S/C18H15BrF4N6O/c19-10-1-4-14-15(5-10)26-7-16(28-14)18(22,23)17(30,8-29(25)9-27-24)12-3-2-11(20)6-13(12)21/h1-7,9,30H,8,24-25H2/b27-9-. The highest BCUT2D eigenvalue weighted by Crippen LogP contribution is 2.46. The quantitative estimate of drug-likeness (QED) is 0.162. The third-order valence-electron chi connectivity index (χ3n) is 4.35. The van der Waals surface area contributed by atoms with E-state index in [1.807, 2.05) is 0 Å². The summed E-state index contributed by atoms with van der Waals surface area (Å²) in [6.45, 7) is -1.05. The molecule has 3 aromatic rings. The van der Waals surface area contributed by atoms with E-state index in [4.69, 9.17) is 11.7 Å². The number of rotatable bonds is 6. The second-order valence-electron chi connectivity index (χ2n) is 6.38. The van der Waals surface area contributed by atoms with Gasteiger partial charge in [0.05, 0.1) is 23.8 Å². The maximum Gasteiger partial charge on any atom is 0.325 e. The summed E-state index contributed by atoms with van der Waals surface area (Å²) in [4.78, 5) is 7.81. The van der Waals surface area contributed by atoms with Gasteiger partial charge in [0.1, 0.15) is 23.7 Å². The first-order valence-corrected chi connectivity index (χ1v) is 9.11. The Hall–Kier alpha value is -2.83. The number of hydrogen-bond donors (Lipinski definition) is 3. The Morgan fingerprint density at radius 2 is 1.90 bits per heavy atom. The van der Waals surface area contributed by atoms with E-state index >= 15 is 8.78 Å². The molecule has 158 valence electrons. The van der Waals surface area contributed by atoms with Gasteiger partial charge in [0.15, 0.2) is 5.60 Å². The molecule has 5 N–H and O–H groups in total. The number of fused-ring (bicyclic) bond motifs is 1. The molecule has 0 fully saturated rings. The van der Waals surface area contributed by atoms with Crippen LogP contribution in [0.3, 0.4) is 0 Å². The van der Waals surface area contributed by atoms with Crippen molar-refractivity contribution < 1.29 is 22.7 Å². The first-order chi connectivity index (χ1) is 14.1. The minimum absolute atomic E-state index is 0.116. The predicted octanol–water partition coefficient (Wildman–Crippen LogP) is 2.73. The van der Waals surface area contributed by atoms with Crippen molar-refractivity contribution in [1.29, 1.82) is 0 Å². The smallest absolute Gasteiger partial charge is 0.325 e. The summed E-state index contributed by atoms with van der Waals surface area (Å²) in [5.74, 6) is 3.89. The van der Waals surface area contributed by atoms with Crippen LogP contribution in [0.15, 0.2) is 52.2 Å². The number of aliphatic hydroxyl groups is 1. The van der Waals surface area contributed by atoms with Crippen LogP contribution in [0.5, 0.6) is 0 Å². The molecule has 0 radical (unpaired) electrons. The second-order valence-corrected chi connectivity index (χ2v) is 7.30. The minimum atomic E-state index is -4.21. The van der Waals surface area contributed by atoms with Gasteiger partial charge in [-0.25, -0.2) is 19.6 Å². The van der Waals surface area contributed by atoms with E-state index in [1.54, 1.807) is 12.1 Å². The van der Waals surface area contributed by atoms with Gasteiger partial charge < -0.3 is 10.9 Å². The summed E-state index contributed by atoms with van der Waals surface area (Å²) < 4.78 is 59.6. The zero-order valence-electron chi connectivity index (χ0n) is 15.1. The van der Waals surface area contributed by atoms with Crippen LogP contribution in [0.25, 0.3) is 11.0 Å². The van der Waals surface area contributed by atoms with Crippen molar-refractivity contribution >= 4 is 33.3 Å². The van der Waals surface area contributed by atoms with Gasteiger partial charge >= 0.3 is 5.92 Å². The maximum absolute atomic E-state index is 15.6.